The summed E-state index contributed by atoms with van der Waals surface area (Å²) < 4.78 is 34.1. The molecule has 0 aromatic carbocycles. The number of aliphatic imine (C=N–C) groups is 2. The van der Waals surface area contributed by atoms with Crippen LogP contribution in [-0.4, -0.2) is 42.5 Å². The van der Waals surface area contributed by atoms with E-state index in [0.29, 0.717) is 0 Å². The van der Waals surface area contributed by atoms with Crippen LogP contribution in [0.4, 0.5) is 0 Å². The molecule has 0 amide bonds. The number of rotatable bonds is 10. The maximum atomic E-state index is 8.52. The first-order chi connectivity index (χ1) is 11.5. The smallest absolute Gasteiger partial charge is 0.185 e. The fraction of sp³-hybridized carbons (Fsp3) is 0.857. The number of hydrogen-bond acceptors (Lipinski definition) is 6. The quantitative estimate of drug-likeness (QED) is 0.136. The van der Waals surface area contributed by atoms with Gasteiger partial charge in [-0.15, -0.1) is 0 Å². The molecule has 0 heterocycles. The number of hydrogen-bond donors (Lipinski definition) is 4. The third kappa shape index (κ3) is 60.6. The van der Waals surface area contributed by atoms with E-state index in [-0.39, 0.29) is 11.9 Å². The van der Waals surface area contributed by atoms with Gasteiger partial charge in [-0.2, -0.15) is 0 Å². The first-order valence-corrected chi connectivity index (χ1v) is 9.65. The van der Waals surface area contributed by atoms with Crippen LogP contribution in [0.5, 0.6) is 0 Å². The summed E-state index contributed by atoms with van der Waals surface area (Å²) in [4.78, 5) is 7.74. The van der Waals surface area contributed by atoms with Crippen molar-refractivity contribution in [3.05, 3.63) is 0 Å². The second-order valence-corrected chi connectivity index (χ2v) is 5.96. The Morgan fingerprint density at radius 3 is 1.20 bits per heavy atom. The third-order valence-electron chi connectivity index (χ3n) is 2.61. The molecule has 10 nitrogen and oxygen atoms in total. The van der Waals surface area contributed by atoms with Gasteiger partial charge >= 0.3 is 0 Å². The van der Waals surface area contributed by atoms with Crippen LogP contribution in [0.25, 0.3) is 0 Å². The standard InChI is InChI=1S/2C7H17N3.H2O4S/c2*1-2-3-4-5-6-10-7(8)9;1-5(2,3)4/h2*2-6H2,1H3,(H4,8,9,10);(H2,1,2,3,4)/p-2. The molecule has 0 aliphatic heterocycles. The first-order valence-electron chi connectivity index (χ1n) is 8.32. The number of guanidine groups is 2. The van der Waals surface area contributed by atoms with Gasteiger partial charge in [0.2, 0.25) is 0 Å². The summed E-state index contributed by atoms with van der Waals surface area (Å²) in [6.45, 7) is 5.92. The number of unbranched alkanes of at least 4 members (excludes halogenated alkanes) is 6. The van der Waals surface area contributed by atoms with Crippen molar-refractivity contribution in [3.63, 3.8) is 0 Å². The van der Waals surface area contributed by atoms with Crippen molar-refractivity contribution in [1.29, 1.82) is 0 Å². The van der Waals surface area contributed by atoms with E-state index in [1.165, 1.54) is 38.5 Å². The molecule has 0 atom stereocenters. The minimum Gasteiger partial charge on any atom is -0.759 e. The second kappa shape index (κ2) is 20.5. The Balaban J connectivity index is -0.000000308. The van der Waals surface area contributed by atoms with Crippen LogP contribution >= 0.6 is 0 Å². The summed E-state index contributed by atoms with van der Waals surface area (Å²) in [7, 11) is -5.17. The van der Waals surface area contributed by atoms with Crippen LogP contribution in [0.15, 0.2) is 9.98 Å². The fourth-order valence-electron chi connectivity index (χ4n) is 1.49. The second-order valence-electron chi connectivity index (χ2n) is 5.14. The van der Waals surface area contributed by atoms with Crippen molar-refractivity contribution in [2.45, 2.75) is 65.2 Å². The maximum absolute atomic E-state index is 8.52. The van der Waals surface area contributed by atoms with Crippen molar-refractivity contribution >= 4 is 22.3 Å². The largest absolute Gasteiger partial charge is 0.759 e. The maximum Gasteiger partial charge on any atom is 0.185 e. The molecule has 0 aromatic rings. The van der Waals surface area contributed by atoms with E-state index in [0.717, 1.165) is 25.9 Å². The molecular formula is C14H34N6O4S-2. The highest BCUT2D eigenvalue weighted by molar-refractivity contribution is 7.79. The molecule has 0 aliphatic carbocycles. The monoisotopic (exact) mass is 382 g/mol. The molecule has 0 aromatic heterocycles. The number of nitrogens with two attached hydrogens (primary N) is 4. The molecule has 152 valence electrons. The first kappa shape index (κ1) is 28.2. The molecule has 0 saturated carbocycles. The molecule has 11 heteroatoms. The zero-order chi connectivity index (χ0) is 20.1. The lowest BCUT2D eigenvalue weighted by atomic mass is 10.2. The van der Waals surface area contributed by atoms with E-state index < -0.39 is 10.4 Å². The molecular weight excluding hydrogens is 348 g/mol. The predicted molar refractivity (Wildman–Crippen MR) is 100 cm³/mol. The fourth-order valence-corrected chi connectivity index (χ4v) is 1.49. The highest BCUT2D eigenvalue weighted by Gasteiger charge is 1.86. The molecule has 0 fully saturated rings. The summed E-state index contributed by atoms with van der Waals surface area (Å²) in [6.07, 6.45) is 9.72. The van der Waals surface area contributed by atoms with Crippen LogP contribution < -0.4 is 22.9 Å². The van der Waals surface area contributed by atoms with Crippen LogP contribution in [-0.2, 0) is 10.4 Å². The van der Waals surface area contributed by atoms with Gasteiger partial charge in [0.1, 0.15) is 0 Å². The van der Waals surface area contributed by atoms with Gasteiger partial charge in [-0.05, 0) is 12.8 Å². The van der Waals surface area contributed by atoms with Gasteiger partial charge in [-0.1, -0.05) is 52.4 Å². The highest BCUT2D eigenvalue weighted by Crippen LogP contribution is 1.98. The molecule has 0 saturated heterocycles. The average molecular weight is 383 g/mol. The topological polar surface area (TPSA) is 209 Å². The zero-order valence-corrected chi connectivity index (χ0v) is 16.1. The third-order valence-corrected chi connectivity index (χ3v) is 2.61. The molecule has 8 N–H and O–H groups in total. The molecule has 0 aliphatic rings. The number of nitrogens with zero attached hydrogens (tertiary/aromatic N) is 2. The van der Waals surface area contributed by atoms with Crippen molar-refractivity contribution in [2.75, 3.05) is 13.1 Å². The molecule has 0 unspecified atom stereocenters. The molecule has 0 spiro atoms. The van der Waals surface area contributed by atoms with E-state index in [9.17, 15) is 0 Å². The van der Waals surface area contributed by atoms with Crippen molar-refractivity contribution in [2.24, 2.45) is 32.9 Å². The Hall–Kier alpha value is -1.59. The van der Waals surface area contributed by atoms with Crippen molar-refractivity contribution in [3.8, 4) is 0 Å². The minimum absolute atomic E-state index is 0.205. The summed E-state index contributed by atoms with van der Waals surface area (Å²) in [6, 6.07) is 0. The van der Waals surface area contributed by atoms with Crippen molar-refractivity contribution in [1.82, 2.24) is 0 Å². The summed E-state index contributed by atoms with van der Waals surface area (Å²) >= 11 is 0. The molecule has 0 rings (SSSR count). The van der Waals surface area contributed by atoms with E-state index in [1.807, 2.05) is 0 Å². The Morgan fingerprint density at radius 1 is 0.720 bits per heavy atom. The average Bonchev–Trinajstić information content (AvgIpc) is 2.45. The summed E-state index contributed by atoms with van der Waals surface area (Å²) in [5.41, 5.74) is 20.5. The minimum atomic E-state index is -5.17. The lowest BCUT2D eigenvalue weighted by Gasteiger charge is -2.06. The summed E-state index contributed by atoms with van der Waals surface area (Å²) in [5.74, 6) is 0.410. The Kier molecular flexibility index (Phi) is 23.1. The van der Waals surface area contributed by atoms with Crippen LogP contribution in [0.2, 0.25) is 0 Å². The van der Waals surface area contributed by atoms with Gasteiger partial charge in [-0.3, -0.25) is 18.4 Å². The van der Waals surface area contributed by atoms with Gasteiger partial charge in [-0.25, -0.2) is 0 Å². The van der Waals surface area contributed by atoms with E-state index in [2.05, 4.69) is 23.8 Å². The van der Waals surface area contributed by atoms with E-state index >= 15 is 0 Å². The Bertz CT molecular complexity index is 399. The van der Waals surface area contributed by atoms with Gasteiger partial charge in [0.05, 0.1) is 0 Å². The van der Waals surface area contributed by atoms with Crippen LogP contribution in [0.3, 0.4) is 0 Å². The van der Waals surface area contributed by atoms with E-state index in [4.69, 9.17) is 40.5 Å². The zero-order valence-electron chi connectivity index (χ0n) is 15.3. The van der Waals surface area contributed by atoms with Crippen LogP contribution in [0, 0.1) is 0 Å². The lowest BCUT2D eigenvalue weighted by molar-refractivity contribution is 0.352. The Morgan fingerprint density at radius 2 is 1.00 bits per heavy atom. The SMILES string of the molecule is CCCCCCN=C(N)N.CCCCCCN=C(N)N.O=S(=O)([O-])[O-]. The van der Waals surface area contributed by atoms with Crippen molar-refractivity contribution < 1.29 is 17.5 Å². The predicted octanol–water partition coefficient (Wildman–Crippen LogP) is 0.342. The van der Waals surface area contributed by atoms with Crippen LogP contribution in [0.1, 0.15) is 65.2 Å². The molecule has 25 heavy (non-hydrogen) atoms. The summed E-state index contributed by atoms with van der Waals surface area (Å²) in [5, 5.41) is 0. The van der Waals surface area contributed by atoms with Gasteiger partial charge in [0.15, 0.2) is 11.9 Å². The normalized spacial score (nSPS) is 9.76. The molecule has 0 bridgehead atoms. The lowest BCUT2D eigenvalue weighted by Crippen LogP contribution is -2.22. The Labute approximate surface area is 151 Å². The van der Waals surface area contributed by atoms with Gasteiger partial charge < -0.3 is 32.0 Å². The van der Waals surface area contributed by atoms with E-state index in [1.54, 1.807) is 0 Å². The highest BCUT2D eigenvalue weighted by atomic mass is 32.3. The van der Waals surface area contributed by atoms with Gasteiger partial charge in [0, 0.05) is 23.5 Å². The van der Waals surface area contributed by atoms with Gasteiger partial charge in [0.25, 0.3) is 0 Å². The molecule has 0 radical (unpaired) electrons.